The van der Waals surface area contributed by atoms with Gasteiger partial charge in [0.1, 0.15) is 5.60 Å². The van der Waals surface area contributed by atoms with Gasteiger partial charge < -0.3 is 9.47 Å². The summed E-state index contributed by atoms with van der Waals surface area (Å²) in [5.41, 5.74) is -0.805. The van der Waals surface area contributed by atoms with Gasteiger partial charge >= 0.3 is 5.97 Å². The van der Waals surface area contributed by atoms with E-state index in [1.165, 1.54) is 7.11 Å². The molecule has 0 aromatic carbocycles. The zero-order valence-corrected chi connectivity index (χ0v) is 10.1. The molecule has 0 amide bonds. The van der Waals surface area contributed by atoms with Crippen LogP contribution >= 0.6 is 0 Å². The van der Waals surface area contributed by atoms with Crippen LogP contribution in [0.25, 0.3) is 0 Å². The smallest absolute Gasteiger partial charge is 0.341 e. The molecule has 3 nitrogen and oxygen atoms in total. The van der Waals surface area contributed by atoms with Gasteiger partial charge in [0, 0.05) is 0 Å². The van der Waals surface area contributed by atoms with Gasteiger partial charge in [0.2, 0.25) is 0 Å². The molecule has 15 heavy (non-hydrogen) atoms. The number of ether oxygens (including phenoxy) is 2. The first kappa shape index (κ1) is 10.9. The molecule has 3 heteroatoms. The molecule has 1 saturated carbocycles. The second kappa shape index (κ2) is 2.97. The largest absolute Gasteiger partial charge is 0.467 e. The first-order valence-corrected chi connectivity index (χ1v) is 5.74. The van der Waals surface area contributed by atoms with E-state index in [4.69, 9.17) is 9.47 Å². The average Bonchev–Trinajstić information content (AvgIpc) is 2.79. The third-order valence-corrected chi connectivity index (χ3v) is 4.40. The maximum Gasteiger partial charge on any atom is 0.341 e. The molecule has 0 N–H and O–H groups in total. The van der Waals surface area contributed by atoms with Gasteiger partial charge in [-0.15, -0.1) is 0 Å². The number of carbonyl (C=O) groups excluding carboxylic acids is 1. The summed E-state index contributed by atoms with van der Waals surface area (Å²) < 4.78 is 10.8. The van der Waals surface area contributed by atoms with Crippen molar-refractivity contribution >= 4 is 5.97 Å². The maximum atomic E-state index is 11.8. The van der Waals surface area contributed by atoms with Gasteiger partial charge in [-0.05, 0) is 31.1 Å². The average molecular weight is 212 g/mol. The first-order chi connectivity index (χ1) is 6.96. The quantitative estimate of drug-likeness (QED) is 0.520. The number of epoxide rings is 1. The van der Waals surface area contributed by atoms with Gasteiger partial charge in [-0.25, -0.2) is 4.79 Å². The van der Waals surface area contributed by atoms with Crippen molar-refractivity contribution in [1.82, 2.24) is 0 Å². The van der Waals surface area contributed by atoms with Gasteiger partial charge in [-0.3, -0.25) is 0 Å². The van der Waals surface area contributed by atoms with Crippen LogP contribution in [0.4, 0.5) is 0 Å². The normalized spacial score (nSPS) is 41.9. The van der Waals surface area contributed by atoms with Crippen LogP contribution in [0.5, 0.6) is 0 Å². The highest BCUT2D eigenvalue weighted by molar-refractivity contribution is 5.85. The van der Waals surface area contributed by atoms with Crippen molar-refractivity contribution in [2.45, 2.75) is 57.7 Å². The SMILES string of the molecule is CCC1(C(=O)OC)OC12CCCC2(C)C. The van der Waals surface area contributed by atoms with Crippen molar-refractivity contribution in [2.75, 3.05) is 7.11 Å². The summed E-state index contributed by atoms with van der Waals surface area (Å²) in [6, 6.07) is 0. The Morgan fingerprint density at radius 3 is 2.47 bits per heavy atom. The highest BCUT2D eigenvalue weighted by atomic mass is 16.7. The van der Waals surface area contributed by atoms with Gasteiger partial charge in [0.15, 0.2) is 5.60 Å². The molecule has 1 heterocycles. The Morgan fingerprint density at radius 1 is 1.40 bits per heavy atom. The van der Waals surface area contributed by atoms with E-state index in [-0.39, 0.29) is 17.0 Å². The zero-order valence-electron chi connectivity index (χ0n) is 10.1. The van der Waals surface area contributed by atoms with Crippen LogP contribution in [0.1, 0.15) is 46.5 Å². The molecule has 0 radical (unpaired) electrons. The molecule has 0 aromatic heterocycles. The Kier molecular flexibility index (Phi) is 2.16. The Labute approximate surface area is 91.1 Å². The molecule has 2 fully saturated rings. The predicted octanol–water partition coefficient (Wildman–Crippen LogP) is 2.29. The van der Waals surface area contributed by atoms with E-state index in [1.54, 1.807) is 0 Å². The summed E-state index contributed by atoms with van der Waals surface area (Å²) in [5.74, 6) is -0.194. The molecule has 2 aliphatic rings. The number of hydrogen-bond acceptors (Lipinski definition) is 3. The Hall–Kier alpha value is -0.570. The van der Waals surface area contributed by atoms with E-state index in [9.17, 15) is 4.79 Å². The van der Waals surface area contributed by atoms with Gasteiger partial charge in [-0.1, -0.05) is 20.8 Å². The van der Waals surface area contributed by atoms with Gasteiger partial charge in [-0.2, -0.15) is 0 Å². The standard InChI is InChI=1S/C12H20O3/c1-5-11(9(13)14-4)12(15-11)8-6-7-10(12,2)3/h5-8H2,1-4H3. The lowest BCUT2D eigenvalue weighted by Crippen LogP contribution is -2.40. The Morgan fingerprint density at radius 2 is 2.07 bits per heavy atom. The zero-order chi connectivity index (χ0) is 11.3. The summed E-state index contributed by atoms with van der Waals surface area (Å²) in [7, 11) is 1.44. The van der Waals surface area contributed by atoms with E-state index in [2.05, 4.69) is 13.8 Å². The van der Waals surface area contributed by atoms with Crippen molar-refractivity contribution in [3.05, 3.63) is 0 Å². The highest BCUT2D eigenvalue weighted by Gasteiger charge is 2.80. The minimum atomic E-state index is -0.651. The summed E-state index contributed by atoms with van der Waals surface area (Å²) in [4.78, 5) is 11.8. The Bertz CT molecular complexity index is 297. The van der Waals surface area contributed by atoms with Crippen LogP contribution in [-0.4, -0.2) is 24.3 Å². The fourth-order valence-corrected chi connectivity index (χ4v) is 3.40. The van der Waals surface area contributed by atoms with E-state index in [0.717, 1.165) is 19.3 Å². The Balaban J connectivity index is 2.32. The van der Waals surface area contributed by atoms with Crippen LogP contribution in [-0.2, 0) is 14.3 Å². The number of carbonyl (C=O) groups is 1. The van der Waals surface area contributed by atoms with E-state index in [1.807, 2.05) is 6.92 Å². The summed E-state index contributed by atoms with van der Waals surface area (Å²) in [5, 5.41) is 0. The molecular weight excluding hydrogens is 192 g/mol. The number of esters is 1. The van der Waals surface area contributed by atoms with E-state index < -0.39 is 5.60 Å². The third kappa shape index (κ3) is 1.07. The molecule has 2 rings (SSSR count). The van der Waals surface area contributed by atoms with Crippen LogP contribution < -0.4 is 0 Å². The van der Waals surface area contributed by atoms with Crippen LogP contribution in [0, 0.1) is 5.41 Å². The molecule has 1 aliphatic carbocycles. The summed E-state index contributed by atoms with van der Waals surface area (Å²) >= 11 is 0. The maximum absolute atomic E-state index is 11.8. The predicted molar refractivity (Wildman–Crippen MR) is 56.5 cm³/mol. The van der Waals surface area contributed by atoms with Crippen molar-refractivity contribution in [3.63, 3.8) is 0 Å². The fourth-order valence-electron chi connectivity index (χ4n) is 3.40. The lowest BCUT2D eigenvalue weighted by Gasteiger charge is -2.26. The molecule has 1 aliphatic heterocycles. The molecule has 2 unspecified atom stereocenters. The third-order valence-electron chi connectivity index (χ3n) is 4.40. The second-order valence-electron chi connectivity index (χ2n) is 5.34. The van der Waals surface area contributed by atoms with Crippen LogP contribution in [0.2, 0.25) is 0 Å². The van der Waals surface area contributed by atoms with Crippen molar-refractivity contribution in [1.29, 1.82) is 0 Å². The number of methoxy groups -OCH3 is 1. The molecule has 1 saturated heterocycles. The van der Waals surface area contributed by atoms with Crippen LogP contribution in [0.15, 0.2) is 0 Å². The lowest BCUT2D eigenvalue weighted by molar-refractivity contribution is -0.147. The van der Waals surface area contributed by atoms with Crippen molar-refractivity contribution < 1.29 is 14.3 Å². The molecular formula is C12H20O3. The molecule has 2 atom stereocenters. The topological polar surface area (TPSA) is 38.8 Å². The van der Waals surface area contributed by atoms with Crippen molar-refractivity contribution in [3.8, 4) is 0 Å². The summed E-state index contributed by atoms with van der Waals surface area (Å²) in [6.45, 7) is 6.39. The van der Waals surface area contributed by atoms with Crippen LogP contribution in [0.3, 0.4) is 0 Å². The first-order valence-electron chi connectivity index (χ1n) is 5.74. The minimum Gasteiger partial charge on any atom is -0.467 e. The number of hydrogen-bond donors (Lipinski definition) is 0. The lowest BCUT2D eigenvalue weighted by atomic mass is 9.73. The van der Waals surface area contributed by atoms with Gasteiger partial charge in [0.05, 0.1) is 7.11 Å². The summed E-state index contributed by atoms with van der Waals surface area (Å²) in [6.07, 6.45) is 3.98. The van der Waals surface area contributed by atoms with E-state index in [0.29, 0.717) is 6.42 Å². The number of rotatable bonds is 2. The van der Waals surface area contributed by atoms with Gasteiger partial charge in [0.25, 0.3) is 0 Å². The van der Waals surface area contributed by atoms with Crippen molar-refractivity contribution in [2.24, 2.45) is 5.41 Å². The minimum absolute atomic E-state index is 0.0944. The highest BCUT2D eigenvalue weighted by Crippen LogP contribution is 2.67. The monoisotopic (exact) mass is 212 g/mol. The molecule has 86 valence electrons. The van der Waals surface area contributed by atoms with E-state index >= 15 is 0 Å². The second-order valence-corrected chi connectivity index (χ2v) is 5.34. The molecule has 1 spiro atoms. The molecule has 0 bridgehead atoms. The molecule has 0 aromatic rings. The fraction of sp³-hybridized carbons (Fsp3) is 0.917.